The molecule has 13 aromatic rings. The Kier molecular flexibility index (Phi) is 8.09. The van der Waals surface area contributed by atoms with Gasteiger partial charge in [-0.15, -0.1) is 0 Å². The van der Waals surface area contributed by atoms with Crippen molar-refractivity contribution in [3.05, 3.63) is 230 Å². The summed E-state index contributed by atoms with van der Waals surface area (Å²) in [6, 6.07) is 77.5. The molecule has 1 aromatic heterocycles. The molecule has 0 fully saturated rings. The lowest BCUT2D eigenvalue weighted by Gasteiger charge is -2.31. The van der Waals surface area contributed by atoms with Gasteiger partial charge in [-0.25, -0.2) is 4.39 Å². The first-order valence-corrected chi connectivity index (χ1v) is 21.7. The average Bonchev–Trinajstić information content (AvgIpc) is 3.76. The first-order chi connectivity index (χ1) is 31.7. The molecule has 0 saturated carbocycles. The molecule has 13 rings (SSSR count). The highest BCUT2D eigenvalue weighted by atomic mass is 19.1. The Bertz CT molecular complexity index is 3850. The largest absolute Gasteiger partial charge is 0.454 e. The lowest BCUT2D eigenvalue weighted by molar-refractivity contribution is 0.630. The van der Waals surface area contributed by atoms with Crippen LogP contribution in [0.1, 0.15) is 0 Å². The quantitative estimate of drug-likeness (QED) is 0.142. The highest BCUT2D eigenvalue weighted by Gasteiger charge is 2.27. The molecule has 0 aliphatic rings. The number of halogens is 1. The molecule has 1 heterocycles. The number of hydrogen-bond donors (Lipinski definition) is 0. The van der Waals surface area contributed by atoms with Crippen LogP contribution in [0.25, 0.3) is 87.3 Å². The fraction of sp³-hybridized carbons (Fsp3) is 0. The minimum absolute atomic E-state index is 0.305. The summed E-state index contributed by atoms with van der Waals surface area (Å²) in [5, 5.41) is 11.2. The molecule has 0 bridgehead atoms. The number of hydrogen-bond acceptors (Lipinski definition) is 3. The van der Waals surface area contributed by atoms with E-state index in [9.17, 15) is 0 Å². The lowest BCUT2D eigenvalue weighted by Crippen LogP contribution is -2.14. The van der Waals surface area contributed by atoms with E-state index in [1.165, 1.54) is 0 Å². The zero-order valence-electron chi connectivity index (χ0n) is 34.5. The standard InChI is InChI=1S/C60H37FN2O/c61-50-37-44(38-14-5-1-6-15-38)36-49(39-16-7-2-8-17-39)59(50)63(46-21-11-4-12-22-46)52-34-29-42-26-31-47-51(33-28-41-27-32-48(52)56(42)55(41)47)62(45-19-9-3-10-20-45)53-35-30-43-25-24-40-18-13-23-54-57(40)58(43)60(53)64-54/h1-37H. The van der Waals surface area contributed by atoms with Crippen molar-refractivity contribution in [2.45, 2.75) is 0 Å². The maximum absolute atomic E-state index is 17.5. The summed E-state index contributed by atoms with van der Waals surface area (Å²) < 4.78 is 24.4. The molecule has 0 N–H and O–H groups in total. The van der Waals surface area contributed by atoms with E-state index in [4.69, 9.17) is 4.42 Å². The molecule has 0 unspecified atom stereocenters. The zero-order chi connectivity index (χ0) is 42.3. The number of benzene rings is 12. The fourth-order valence-electron chi connectivity index (χ4n) is 10.2. The second-order valence-electron chi connectivity index (χ2n) is 16.6. The minimum atomic E-state index is -0.305. The Morgan fingerprint density at radius 1 is 0.344 bits per heavy atom. The van der Waals surface area contributed by atoms with Crippen LogP contribution in [0.2, 0.25) is 0 Å². The number of rotatable bonds is 8. The predicted molar refractivity (Wildman–Crippen MR) is 266 cm³/mol. The van der Waals surface area contributed by atoms with Crippen molar-refractivity contribution in [2.75, 3.05) is 9.80 Å². The molecular weight excluding hydrogens is 784 g/mol. The molecule has 0 aliphatic carbocycles. The van der Waals surface area contributed by atoms with Gasteiger partial charge in [0.15, 0.2) is 5.58 Å². The summed E-state index contributed by atoms with van der Waals surface area (Å²) in [7, 11) is 0. The highest BCUT2D eigenvalue weighted by molar-refractivity contribution is 6.29. The Balaban J connectivity index is 1.07. The van der Waals surface area contributed by atoms with Crippen molar-refractivity contribution < 1.29 is 8.81 Å². The van der Waals surface area contributed by atoms with Crippen LogP contribution in [-0.4, -0.2) is 0 Å². The van der Waals surface area contributed by atoms with Gasteiger partial charge in [-0.3, -0.25) is 0 Å². The first kappa shape index (κ1) is 36.2. The summed E-state index contributed by atoms with van der Waals surface area (Å²) in [5.74, 6) is -0.305. The smallest absolute Gasteiger partial charge is 0.160 e. The summed E-state index contributed by atoms with van der Waals surface area (Å²) >= 11 is 0. The summed E-state index contributed by atoms with van der Waals surface area (Å²) in [6.07, 6.45) is 0. The van der Waals surface area contributed by atoms with Gasteiger partial charge in [0.1, 0.15) is 11.4 Å². The Labute approximate surface area is 368 Å². The van der Waals surface area contributed by atoms with Gasteiger partial charge in [-0.1, -0.05) is 164 Å². The van der Waals surface area contributed by atoms with Crippen LogP contribution in [0, 0.1) is 5.82 Å². The van der Waals surface area contributed by atoms with Gasteiger partial charge in [0.05, 0.1) is 22.7 Å². The van der Waals surface area contributed by atoms with Gasteiger partial charge in [0, 0.05) is 38.5 Å². The number of anilines is 6. The topological polar surface area (TPSA) is 19.6 Å². The van der Waals surface area contributed by atoms with E-state index in [0.29, 0.717) is 5.69 Å². The molecule has 0 radical (unpaired) electrons. The molecule has 64 heavy (non-hydrogen) atoms. The molecular formula is C60H37FN2O. The molecule has 300 valence electrons. The normalized spacial score (nSPS) is 11.8. The van der Waals surface area contributed by atoms with Crippen LogP contribution >= 0.6 is 0 Å². The van der Waals surface area contributed by atoms with Crippen LogP contribution in [0.4, 0.5) is 38.5 Å². The maximum atomic E-state index is 17.5. The molecule has 0 atom stereocenters. The van der Waals surface area contributed by atoms with Crippen molar-refractivity contribution in [1.29, 1.82) is 0 Å². The van der Waals surface area contributed by atoms with E-state index in [0.717, 1.165) is 116 Å². The molecule has 4 heteroatoms. The van der Waals surface area contributed by atoms with Crippen LogP contribution in [0.3, 0.4) is 0 Å². The van der Waals surface area contributed by atoms with E-state index >= 15 is 4.39 Å². The van der Waals surface area contributed by atoms with Gasteiger partial charge >= 0.3 is 0 Å². The van der Waals surface area contributed by atoms with Crippen molar-refractivity contribution in [1.82, 2.24) is 0 Å². The molecule has 12 aromatic carbocycles. The molecule has 0 saturated heterocycles. The Morgan fingerprint density at radius 3 is 1.45 bits per heavy atom. The van der Waals surface area contributed by atoms with E-state index in [2.05, 4.69) is 161 Å². The highest BCUT2D eigenvalue weighted by Crippen LogP contribution is 2.51. The van der Waals surface area contributed by atoms with Gasteiger partial charge in [-0.05, 0) is 110 Å². The van der Waals surface area contributed by atoms with Crippen LogP contribution in [0.15, 0.2) is 229 Å². The predicted octanol–water partition coefficient (Wildman–Crippen LogP) is 17.5. The van der Waals surface area contributed by atoms with Crippen LogP contribution in [-0.2, 0) is 0 Å². The molecule has 3 nitrogen and oxygen atoms in total. The first-order valence-electron chi connectivity index (χ1n) is 21.7. The Hall–Kier alpha value is -8.47. The second kappa shape index (κ2) is 14.3. The van der Waals surface area contributed by atoms with E-state index in [1.807, 2.05) is 66.7 Å². The van der Waals surface area contributed by atoms with Crippen LogP contribution < -0.4 is 9.80 Å². The third-order valence-electron chi connectivity index (χ3n) is 13.0. The maximum Gasteiger partial charge on any atom is 0.160 e. The summed E-state index contributed by atoms with van der Waals surface area (Å²) in [4.78, 5) is 4.46. The molecule has 0 amide bonds. The van der Waals surface area contributed by atoms with Crippen molar-refractivity contribution in [2.24, 2.45) is 0 Å². The monoisotopic (exact) mass is 820 g/mol. The van der Waals surface area contributed by atoms with Gasteiger partial charge in [-0.2, -0.15) is 0 Å². The second-order valence-corrected chi connectivity index (χ2v) is 16.6. The van der Waals surface area contributed by atoms with E-state index in [1.54, 1.807) is 6.07 Å². The van der Waals surface area contributed by atoms with E-state index in [-0.39, 0.29) is 5.82 Å². The lowest BCUT2D eigenvalue weighted by atomic mass is 9.91. The third-order valence-corrected chi connectivity index (χ3v) is 13.0. The fourth-order valence-corrected chi connectivity index (χ4v) is 10.2. The summed E-state index contributed by atoms with van der Waals surface area (Å²) in [5.41, 5.74) is 10.5. The van der Waals surface area contributed by atoms with Crippen molar-refractivity contribution in [3.8, 4) is 22.3 Å². The van der Waals surface area contributed by atoms with Crippen molar-refractivity contribution in [3.63, 3.8) is 0 Å². The average molecular weight is 821 g/mol. The number of nitrogens with zero attached hydrogens (tertiary/aromatic N) is 2. The van der Waals surface area contributed by atoms with Gasteiger partial charge in [0.2, 0.25) is 0 Å². The number of para-hydroxylation sites is 2. The minimum Gasteiger partial charge on any atom is -0.454 e. The third kappa shape index (κ3) is 5.52. The summed E-state index contributed by atoms with van der Waals surface area (Å²) in [6.45, 7) is 0. The Morgan fingerprint density at radius 2 is 0.828 bits per heavy atom. The van der Waals surface area contributed by atoms with Crippen LogP contribution in [0.5, 0.6) is 0 Å². The van der Waals surface area contributed by atoms with E-state index < -0.39 is 0 Å². The van der Waals surface area contributed by atoms with Crippen molar-refractivity contribution >= 4 is 99.2 Å². The SMILES string of the molecule is Fc1cc(-c2ccccc2)cc(-c2ccccc2)c1N(c1ccccc1)c1ccc2ccc3c(N(c4ccccc4)c4ccc5ccc6cccc7oc4c5c67)ccc4ccc1c2c43. The molecule has 0 aliphatic heterocycles. The van der Waals surface area contributed by atoms with Gasteiger partial charge in [0.25, 0.3) is 0 Å². The molecule has 0 spiro atoms. The zero-order valence-corrected chi connectivity index (χ0v) is 34.5. The van der Waals surface area contributed by atoms with Gasteiger partial charge < -0.3 is 14.2 Å². The number of furan rings is 1.